The van der Waals surface area contributed by atoms with E-state index >= 15 is 0 Å². The molecule has 0 saturated heterocycles. The number of aromatic nitrogens is 2. The zero-order chi connectivity index (χ0) is 14.2. The molecule has 106 valence electrons. The Morgan fingerprint density at radius 3 is 2.84 bits per heavy atom. The van der Waals surface area contributed by atoms with Gasteiger partial charge in [0.05, 0.1) is 11.2 Å². The standard InChI is InChI=1S/C13H17ClF2N2O/c1-8(2)18-11(10(14)7-17-18)12(19)9-4-3-5-13(15,16)6-9/h7-9H,3-6H2,1-2H3. The van der Waals surface area contributed by atoms with Crippen molar-refractivity contribution >= 4 is 17.4 Å². The molecule has 3 nitrogen and oxygen atoms in total. The summed E-state index contributed by atoms with van der Waals surface area (Å²) in [5.41, 5.74) is 0.263. The van der Waals surface area contributed by atoms with Crippen molar-refractivity contribution in [3.8, 4) is 0 Å². The van der Waals surface area contributed by atoms with Gasteiger partial charge in [-0.05, 0) is 26.7 Å². The number of hydrogen-bond donors (Lipinski definition) is 0. The molecule has 6 heteroatoms. The predicted molar refractivity (Wildman–Crippen MR) is 68.9 cm³/mol. The van der Waals surface area contributed by atoms with E-state index < -0.39 is 11.8 Å². The van der Waals surface area contributed by atoms with E-state index in [1.165, 1.54) is 10.9 Å². The Hall–Kier alpha value is -0.970. The van der Waals surface area contributed by atoms with Crippen molar-refractivity contribution in [3.63, 3.8) is 0 Å². The Morgan fingerprint density at radius 2 is 2.26 bits per heavy atom. The lowest BCUT2D eigenvalue weighted by Gasteiger charge is -2.28. The maximum atomic E-state index is 13.4. The smallest absolute Gasteiger partial charge is 0.248 e. The van der Waals surface area contributed by atoms with Gasteiger partial charge in [0.15, 0.2) is 5.78 Å². The van der Waals surface area contributed by atoms with Gasteiger partial charge < -0.3 is 0 Å². The summed E-state index contributed by atoms with van der Waals surface area (Å²) in [5, 5.41) is 4.29. The van der Waals surface area contributed by atoms with Crippen LogP contribution in [0.15, 0.2) is 6.20 Å². The SMILES string of the molecule is CC(C)n1ncc(Cl)c1C(=O)C1CCCC(F)(F)C1. The molecule has 1 fully saturated rings. The second kappa shape index (κ2) is 5.19. The summed E-state index contributed by atoms with van der Waals surface area (Å²) in [4.78, 5) is 12.4. The van der Waals surface area contributed by atoms with Gasteiger partial charge >= 0.3 is 0 Å². The minimum atomic E-state index is -2.74. The molecule has 0 radical (unpaired) electrons. The largest absolute Gasteiger partial charge is 0.292 e. The van der Waals surface area contributed by atoms with Crippen LogP contribution in [0.1, 0.15) is 56.1 Å². The summed E-state index contributed by atoms with van der Waals surface area (Å²) >= 11 is 5.98. The third kappa shape index (κ3) is 2.96. The highest BCUT2D eigenvalue weighted by atomic mass is 35.5. The molecule has 1 unspecified atom stereocenters. The zero-order valence-electron chi connectivity index (χ0n) is 11.0. The van der Waals surface area contributed by atoms with Gasteiger partial charge in [-0.3, -0.25) is 9.48 Å². The van der Waals surface area contributed by atoms with Crippen LogP contribution >= 0.6 is 11.6 Å². The van der Waals surface area contributed by atoms with E-state index in [0.717, 1.165) is 0 Å². The topological polar surface area (TPSA) is 34.9 Å². The number of carbonyl (C=O) groups is 1. The molecule has 0 aliphatic heterocycles. The van der Waals surface area contributed by atoms with Gasteiger partial charge in [0.2, 0.25) is 5.92 Å². The lowest BCUT2D eigenvalue weighted by atomic mass is 9.83. The van der Waals surface area contributed by atoms with Crippen LogP contribution < -0.4 is 0 Å². The van der Waals surface area contributed by atoms with Crippen LogP contribution in [-0.2, 0) is 0 Å². The highest BCUT2D eigenvalue weighted by Gasteiger charge is 2.40. The fourth-order valence-electron chi connectivity index (χ4n) is 2.55. The molecule has 1 aromatic heterocycles. The van der Waals surface area contributed by atoms with Crippen molar-refractivity contribution < 1.29 is 13.6 Å². The molecule has 0 N–H and O–H groups in total. The number of Topliss-reactive ketones (excluding diaryl/α,β-unsaturated/α-hetero) is 1. The fraction of sp³-hybridized carbons (Fsp3) is 0.692. The van der Waals surface area contributed by atoms with Crippen molar-refractivity contribution in [1.29, 1.82) is 0 Å². The van der Waals surface area contributed by atoms with Crippen LogP contribution in [0, 0.1) is 5.92 Å². The first-order chi connectivity index (χ1) is 8.82. The van der Waals surface area contributed by atoms with E-state index in [2.05, 4.69) is 5.10 Å². The van der Waals surface area contributed by atoms with Gasteiger partial charge in [-0.25, -0.2) is 8.78 Å². The molecule has 1 atom stereocenters. The molecule has 0 bridgehead atoms. The van der Waals surface area contributed by atoms with Crippen molar-refractivity contribution in [3.05, 3.63) is 16.9 Å². The average Bonchev–Trinajstić information content (AvgIpc) is 2.69. The number of rotatable bonds is 3. The Kier molecular flexibility index (Phi) is 3.95. The molecule has 1 aliphatic rings. The predicted octanol–water partition coefficient (Wildman–Crippen LogP) is 4.13. The van der Waals surface area contributed by atoms with E-state index in [-0.39, 0.29) is 35.4 Å². The number of nitrogens with zero attached hydrogens (tertiary/aromatic N) is 2. The van der Waals surface area contributed by atoms with Crippen LogP contribution in [-0.4, -0.2) is 21.5 Å². The molecular weight excluding hydrogens is 274 g/mol. The normalized spacial score (nSPS) is 22.7. The highest BCUT2D eigenvalue weighted by molar-refractivity contribution is 6.33. The number of ketones is 1. The van der Waals surface area contributed by atoms with Crippen molar-refractivity contribution in [1.82, 2.24) is 9.78 Å². The third-order valence-corrected chi connectivity index (χ3v) is 3.76. The number of hydrogen-bond acceptors (Lipinski definition) is 2. The maximum absolute atomic E-state index is 13.4. The first-order valence-corrected chi connectivity index (χ1v) is 6.84. The van der Waals surface area contributed by atoms with Gasteiger partial charge in [0.1, 0.15) is 5.69 Å². The Bertz CT molecular complexity index is 485. The van der Waals surface area contributed by atoms with Crippen LogP contribution in [0.4, 0.5) is 8.78 Å². The quantitative estimate of drug-likeness (QED) is 0.785. The number of carbonyl (C=O) groups excluding carboxylic acids is 1. The highest BCUT2D eigenvalue weighted by Crippen LogP contribution is 2.38. The molecule has 0 spiro atoms. The Balaban J connectivity index is 2.27. The minimum Gasteiger partial charge on any atom is -0.292 e. The summed E-state index contributed by atoms with van der Waals surface area (Å²) in [6.07, 6.45) is 1.75. The fourth-order valence-corrected chi connectivity index (χ4v) is 2.78. The van der Waals surface area contributed by atoms with Gasteiger partial charge in [0, 0.05) is 24.8 Å². The third-order valence-electron chi connectivity index (χ3n) is 3.48. The molecule has 19 heavy (non-hydrogen) atoms. The maximum Gasteiger partial charge on any atom is 0.248 e. The second-order valence-corrected chi connectivity index (χ2v) is 5.80. The molecule has 1 saturated carbocycles. The van der Waals surface area contributed by atoms with Gasteiger partial charge in [0.25, 0.3) is 0 Å². The van der Waals surface area contributed by atoms with Gasteiger partial charge in [-0.2, -0.15) is 5.10 Å². The average molecular weight is 291 g/mol. The Labute approximate surface area is 115 Å². The van der Waals surface area contributed by atoms with E-state index in [0.29, 0.717) is 12.8 Å². The minimum absolute atomic E-state index is 0.0319. The van der Waals surface area contributed by atoms with E-state index in [4.69, 9.17) is 11.6 Å². The molecule has 0 aromatic carbocycles. The van der Waals surface area contributed by atoms with Crippen LogP contribution in [0.25, 0.3) is 0 Å². The van der Waals surface area contributed by atoms with Gasteiger partial charge in [-0.1, -0.05) is 11.6 Å². The lowest BCUT2D eigenvalue weighted by Crippen LogP contribution is -2.31. The molecule has 1 aromatic rings. The Morgan fingerprint density at radius 1 is 1.58 bits per heavy atom. The monoisotopic (exact) mass is 290 g/mol. The second-order valence-electron chi connectivity index (χ2n) is 5.39. The van der Waals surface area contributed by atoms with E-state index in [1.807, 2.05) is 13.8 Å². The van der Waals surface area contributed by atoms with Gasteiger partial charge in [-0.15, -0.1) is 0 Å². The molecule has 0 amide bonds. The summed E-state index contributed by atoms with van der Waals surface area (Å²) in [6, 6.07) is -0.0319. The first kappa shape index (κ1) is 14.4. The molecule has 1 aliphatic carbocycles. The van der Waals surface area contributed by atoms with E-state index in [9.17, 15) is 13.6 Å². The number of alkyl halides is 2. The van der Waals surface area contributed by atoms with Crippen LogP contribution in [0.2, 0.25) is 5.02 Å². The summed E-state index contributed by atoms with van der Waals surface area (Å²) in [5.74, 6) is -3.71. The van der Waals surface area contributed by atoms with Crippen molar-refractivity contribution in [2.24, 2.45) is 5.92 Å². The molecular formula is C13H17ClF2N2O. The van der Waals surface area contributed by atoms with Crippen LogP contribution in [0.5, 0.6) is 0 Å². The van der Waals surface area contributed by atoms with Crippen molar-refractivity contribution in [2.45, 2.75) is 51.5 Å². The number of halogens is 3. The zero-order valence-corrected chi connectivity index (χ0v) is 11.8. The molecule has 2 rings (SSSR count). The van der Waals surface area contributed by atoms with E-state index in [1.54, 1.807) is 0 Å². The molecule has 1 heterocycles. The lowest BCUT2D eigenvalue weighted by molar-refractivity contribution is -0.0479. The van der Waals surface area contributed by atoms with Crippen molar-refractivity contribution in [2.75, 3.05) is 0 Å². The first-order valence-electron chi connectivity index (χ1n) is 6.47. The summed E-state index contributed by atoms with van der Waals surface area (Å²) < 4.78 is 28.3. The summed E-state index contributed by atoms with van der Waals surface area (Å²) in [6.45, 7) is 3.74. The van der Waals surface area contributed by atoms with Crippen LogP contribution in [0.3, 0.4) is 0 Å². The summed E-state index contributed by atoms with van der Waals surface area (Å²) in [7, 11) is 0.